The van der Waals surface area contributed by atoms with Crippen LogP contribution in [0.25, 0.3) is 0 Å². The Morgan fingerprint density at radius 2 is 1.97 bits per heavy atom. The van der Waals surface area contributed by atoms with Gasteiger partial charge < -0.3 is 18.8 Å². The summed E-state index contributed by atoms with van der Waals surface area (Å²) in [5.74, 6) is 1.83. The number of aryl methyl sites for hydroxylation is 1. The molecule has 0 radical (unpaired) electrons. The molecule has 0 spiro atoms. The number of sulfone groups is 1. The van der Waals surface area contributed by atoms with Gasteiger partial charge in [0.2, 0.25) is 6.79 Å². The van der Waals surface area contributed by atoms with E-state index in [-0.39, 0.29) is 42.8 Å². The predicted molar refractivity (Wildman–Crippen MR) is 128 cm³/mol. The molecule has 3 aliphatic rings. The molecule has 9 heteroatoms. The summed E-state index contributed by atoms with van der Waals surface area (Å²) in [5, 5.41) is 0. The summed E-state index contributed by atoms with van der Waals surface area (Å²) in [6.45, 7) is 6.38. The van der Waals surface area contributed by atoms with Gasteiger partial charge in [-0.25, -0.2) is 8.42 Å². The maximum absolute atomic E-state index is 13.5. The number of ketones is 1. The second-order valence-corrected chi connectivity index (χ2v) is 11.8. The van der Waals surface area contributed by atoms with Crippen molar-refractivity contribution in [2.24, 2.45) is 0 Å². The van der Waals surface area contributed by atoms with E-state index in [1.54, 1.807) is 0 Å². The molecule has 1 aromatic carbocycles. The zero-order chi connectivity index (χ0) is 23.9. The van der Waals surface area contributed by atoms with Crippen LogP contribution in [0.15, 0.2) is 24.3 Å². The Bertz CT molecular complexity index is 1180. The lowest BCUT2D eigenvalue weighted by Gasteiger charge is -2.29. The average Bonchev–Trinajstić information content (AvgIpc) is 3.58. The first-order valence-corrected chi connectivity index (χ1v) is 13.8. The highest BCUT2D eigenvalue weighted by atomic mass is 32.2. The minimum Gasteiger partial charge on any atom is -0.454 e. The van der Waals surface area contributed by atoms with Gasteiger partial charge in [0, 0.05) is 42.7 Å². The van der Waals surface area contributed by atoms with Crippen LogP contribution in [0.5, 0.6) is 11.5 Å². The molecule has 2 unspecified atom stereocenters. The van der Waals surface area contributed by atoms with Crippen molar-refractivity contribution < 1.29 is 27.4 Å². The second-order valence-electron chi connectivity index (χ2n) is 9.60. The summed E-state index contributed by atoms with van der Waals surface area (Å²) in [6.07, 6.45) is 2.60. The SMILES string of the molecule is Cc1cc(C(=O)CN(CC2CCCO2)C2CCS(=O)(=O)C2)c(C)n1Cc1ccc2c(c1)OCO2. The molecule has 2 atom stereocenters. The number of fused-ring (bicyclic) bond motifs is 1. The van der Waals surface area contributed by atoms with Gasteiger partial charge in [-0.15, -0.1) is 0 Å². The van der Waals surface area contributed by atoms with Crippen LogP contribution >= 0.6 is 0 Å². The van der Waals surface area contributed by atoms with Crippen LogP contribution in [0.4, 0.5) is 0 Å². The molecular weight excluding hydrogens is 456 g/mol. The molecule has 4 heterocycles. The highest BCUT2D eigenvalue weighted by molar-refractivity contribution is 7.91. The van der Waals surface area contributed by atoms with Crippen molar-refractivity contribution in [1.29, 1.82) is 0 Å². The van der Waals surface area contributed by atoms with Gasteiger partial charge >= 0.3 is 0 Å². The lowest BCUT2D eigenvalue weighted by Crippen LogP contribution is -2.44. The maximum atomic E-state index is 13.5. The number of rotatable bonds is 8. The molecule has 2 saturated heterocycles. The Morgan fingerprint density at radius 3 is 2.71 bits per heavy atom. The van der Waals surface area contributed by atoms with Gasteiger partial charge in [-0.2, -0.15) is 0 Å². The molecule has 5 rings (SSSR count). The first kappa shape index (κ1) is 23.4. The van der Waals surface area contributed by atoms with Gasteiger partial charge in [-0.1, -0.05) is 6.07 Å². The van der Waals surface area contributed by atoms with Crippen LogP contribution in [0.2, 0.25) is 0 Å². The number of Topliss-reactive ketones (excluding diaryl/α,β-unsaturated/α-hetero) is 1. The number of aromatic nitrogens is 1. The number of nitrogens with zero attached hydrogens (tertiary/aromatic N) is 2. The molecule has 0 N–H and O–H groups in total. The van der Waals surface area contributed by atoms with E-state index in [0.29, 0.717) is 25.1 Å². The van der Waals surface area contributed by atoms with Crippen molar-refractivity contribution in [3.05, 3.63) is 46.8 Å². The predicted octanol–water partition coefficient (Wildman–Crippen LogP) is 2.73. The average molecular weight is 489 g/mol. The number of carbonyl (C=O) groups excluding carboxylic acids is 1. The van der Waals surface area contributed by atoms with Gasteiger partial charge in [-0.3, -0.25) is 9.69 Å². The fourth-order valence-corrected chi connectivity index (χ4v) is 7.04. The summed E-state index contributed by atoms with van der Waals surface area (Å²) in [5.41, 5.74) is 3.68. The monoisotopic (exact) mass is 488 g/mol. The van der Waals surface area contributed by atoms with Gasteiger partial charge in [-0.05, 0) is 56.9 Å². The van der Waals surface area contributed by atoms with Gasteiger partial charge in [0.25, 0.3) is 0 Å². The zero-order valence-corrected chi connectivity index (χ0v) is 20.6. The smallest absolute Gasteiger partial charge is 0.231 e. The molecule has 8 nitrogen and oxygen atoms in total. The van der Waals surface area contributed by atoms with Crippen LogP contribution in [-0.4, -0.2) is 73.8 Å². The third-order valence-corrected chi connectivity index (χ3v) is 8.94. The molecule has 0 saturated carbocycles. The van der Waals surface area contributed by atoms with E-state index in [9.17, 15) is 13.2 Å². The standard InChI is InChI=1S/C25H32N2O6S/c1-17-10-22(18(2)27(17)12-19-5-6-24-25(11-19)33-16-32-24)23(28)14-26(13-21-4-3-8-31-21)20-7-9-34(29,30)15-20/h5-6,10-11,20-21H,3-4,7-9,12-16H2,1-2H3. The lowest BCUT2D eigenvalue weighted by atomic mass is 10.1. The molecule has 0 bridgehead atoms. The van der Waals surface area contributed by atoms with Gasteiger partial charge in [0.05, 0.1) is 24.2 Å². The number of carbonyl (C=O) groups is 1. The fourth-order valence-electron chi connectivity index (χ4n) is 5.27. The van der Waals surface area contributed by atoms with Gasteiger partial charge in [0.15, 0.2) is 27.1 Å². The van der Waals surface area contributed by atoms with E-state index >= 15 is 0 Å². The van der Waals surface area contributed by atoms with E-state index in [2.05, 4.69) is 4.57 Å². The summed E-state index contributed by atoms with van der Waals surface area (Å²) < 4.78 is 43.1. The van der Waals surface area contributed by atoms with Crippen molar-refractivity contribution in [3.8, 4) is 11.5 Å². The largest absolute Gasteiger partial charge is 0.454 e. The first-order valence-electron chi connectivity index (χ1n) is 11.9. The van der Waals surface area contributed by atoms with Crippen LogP contribution in [0.1, 0.15) is 46.6 Å². The summed E-state index contributed by atoms with van der Waals surface area (Å²) >= 11 is 0. The second kappa shape index (κ2) is 9.36. The maximum Gasteiger partial charge on any atom is 0.231 e. The number of ether oxygens (including phenoxy) is 3. The Kier molecular flexibility index (Phi) is 6.43. The summed E-state index contributed by atoms with van der Waals surface area (Å²) in [7, 11) is -3.04. The van der Waals surface area contributed by atoms with E-state index in [1.807, 2.05) is 43.0 Å². The number of hydrogen-bond donors (Lipinski definition) is 0. The van der Waals surface area contributed by atoms with E-state index in [1.165, 1.54) is 0 Å². The molecule has 0 amide bonds. The van der Waals surface area contributed by atoms with Crippen molar-refractivity contribution in [3.63, 3.8) is 0 Å². The van der Waals surface area contributed by atoms with Crippen LogP contribution in [0.3, 0.4) is 0 Å². The molecule has 2 fully saturated rings. The normalized spacial score (nSPS) is 23.1. The third kappa shape index (κ3) is 4.87. The molecule has 184 valence electrons. The summed E-state index contributed by atoms with van der Waals surface area (Å²) in [6, 6.07) is 7.72. The Balaban J connectivity index is 1.33. The molecular formula is C25H32N2O6S. The molecule has 3 aliphatic heterocycles. The minimum absolute atomic E-state index is 0.0207. The van der Waals surface area contributed by atoms with Crippen LogP contribution in [-0.2, 0) is 21.1 Å². The molecule has 2 aromatic rings. The third-order valence-electron chi connectivity index (χ3n) is 7.19. The highest BCUT2D eigenvalue weighted by Crippen LogP contribution is 2.33. The fraction of sp³-hybridized carbons (Fsp3) is 0.560. The van der Waals surface area contributed by atoms with E-state index < -0.39 is 9.84 Å². The van der Waals surface area contributed by atoms with Crippen molar-refractivity contribution in [1.82, 2.24) is 9.47 Å². The lowest BCUT2D eigenvalue weighted by molar-refractivity contribution is 0.0566. The quantitative estimate of drug-likeness (QED) is 0.528. The topological polar surface area (TPSA) is 87.1 Å². The number of benzene rings is 1. The van der Waals surface area contributed by atoms with Gasteiger partial charge in [0.1, 0.15) is 0 Å². The summed E-state index contributed by atoms with van der Waals surface area (Å²) in [4.78, 5) is 15.5. The van der Waals surface area contributed by atoms with E-state index in [0.717, 1.165) is 47.9 Å². The van der Waals surface area contributed by atoms with Crippen molar-refractivity contribution in [2.45, 2.75) is 51.8 Å². The van der Waals surface area contributed by atoms with E-state index in [4.69, 9.17) is 14.2 Å². The van der Waals surface area contributed by atoms with Crippen molar-refractivity contribution in [2.75, 3.05) is 38.0 Å². The highest BCUT2D eigenvalue weighted by Gasteiger charge is 2.35. The Hall–Kier alpha value is -2.36. The molecule has 34 heavy (non-hydrogen) atoms. The molecule has 1 aromatic heterocycles. The first-order chi connectivity index (χ1) is 16.3. The number of hydrogen-bond acceptors (Lipinski definition) is 7. The zero-order valence-electron chi connectivity index (χ0n) is 19.8. The van der Waals surface area contributed by atoms with Crippen LogP contribution in [0, 0.1) is 13.8 Å². The van der Waals surface area contributed by atoms with Crippen molar-refractivity contribution >= 4 is 15.6 Å². The Morgan fingerprint density at radius 1 is 1.15 bits per heavy atom. The Labute approximate surface area is 200 Å². The molecule has 0 aliphatic carbocycles. The minimum atomic E-state index is -3.04. The van der Waals surface area contributed by atoms with Crippen LogP contribution < -0.4 is 9.47 Å².